The summed E-state index contributed by atoms with van der Waals surface area (Å²) >= 11 is 0.536. The number of rotatable bonds is 3. The van der Waals surface area contributed by atoms with Crippen molar-refractivity contribution in [3.63, 3.8) is 0 Å². The fourth-order valence-electron chi connectivity index (χ4n) is 1.48. The molecule has 0 aliphatic heterocycles. The van der Waals surface area contributed by atoms with E-state index >= 15 is 0 Å². The first-order valence-corrected chi connectivity index (χ1v) is 6.69. The van der Waals surface area contributed by atoms with Crippen LogP contribution in [0.5, 0.6) is 0 Å². The van der Waals surface area contributed by atoms with Crippen LogP contribution in [0.1, 0.15) is 33.3 Å². The molecule has 0 aliphatic rings. The van der Waals surface area contributed by atoms with Gasteiger partial charge < -0.3 is 5.11 Å². The smallest absolute Gasteiger partial charge is 0.346 e. The monoisotopic (exact) mass is 288 g/mol. The van der Waals surface area contributed by atoms with Crippen LogP contribution in [0.2, 0.25) is 0 Å². The molecule has 0 radical (unpaired) electrons. The van der Waals surface area contributed by atoms with Gasteiger partial charge in [-0.2, -0.15) is 8.78 Å². The first-order chi connectivity index (χ1) is 8.48. The summed E-state index contributed by atoms with van der Waals surface area (Å²) in [6, 6.07) is 7.50. The third-order valence-corrected chi connectivity index (χ3v) is 3.66. The van der Waals surface area contributed by atoms with E-state index in [2.05, 4.69) is 0 Å². The molecule has 1 N–H and O–H groups in total. The third-order valence-electron chi connectivity index (χ3n) is 2.60. The Morgan fingerprint density at radius 3 is 2.00 bits per heavy atom. The molecule has 0 saturated heterocycles. The van der Waals surface area contributed by atoms with E-state index < -0.39 is 21.4 Å². The highest BCUT2D eigenvalue weighted by Crippen LogP contribution is 2.42. The SMILES string of the molecule is CC(C)(C)SC(=O)C(F)(F)C(C)(O)c1ccccc1. The van der Waals surface area contributed by atoms with E-state index in [1.807, 2.05) is 0 Å². The molecule has 5 heteroatoms. The van der Waals surface area contributed by atoms with Gasteiger partial charge in [-0.05, 0) is 12.5 Å². The molecule has 0 saturated carbocycles. The van der Waals surface area contributed by atoms with Crippen molar-refractivity contribution in [3.05, 3.63) is 35.9 Å². The predicted molar refractivity (Wildman–Crippen MR) is 73.3 cm³/mol. The maximum absolute atomic E-state index is 14.2. The van der Waals surface area contributed by atoms with E-state index in [4.69, 9.17) is 0 Å². The van der Waals surface area contributed by atoms with Crippen molar-refractivity contribution >= 4 is 16.9 Å². The summed E-state index contributed by atoms with van der Waals surface area (Å²) in [7, 11) is 0. The van der Waals surface area contributed by atoms with Crippen LogP contribution >= 0.6 is 11.8 Å². The quantitative estimate of drug-likeness (QED) is 0.923. The van der Waals surface area contributed by atoms with Crippen LogP contribution in [0, 0.1) is 0 Å². The Labute approximate surface area is 116 Å². The Hall–Kier alpha value is -0.940. The molecular formula is C14H18F2O2S. The number of hydrogen-bond acceptors (Lipinski definition) is 3. The van der Waals surface area contributed by atoms with Crippen molar-refractivity contribution in [2.45, 2.75) is 44.0 Å². The minimum absolute atomic E-state index is 0.0165. The first-order valence-electron chi connectivity index (χ1n) is 5.87. The lowest BCUT2D eigenvalue weighted by Gasteiger charge is -2.33. The van der Waals surface area contributed by atoms with Gasteiger partial charge in [0.25, 0.3) is 5.12 Å². The highest BCUT2D eigenvalue weighted by molar-refractivity contribution is 8.14. The normalized spacial score (nSPS) is 15.9. The van der Waals surface area contributed by atoms with E-state index in [0.717, 1.165) is 6.92 Å². The molecule has 1 aromatic carbocycles. The lowest BCUT2D eigenvalue weighted by Crippen LogP contribution is -2.48. The average Bonchev–Trinajstić information content (AvgIpc) is 2.27. The van der Waals surface area contributed by atoms with Crippen molar-refractivity contribution in [3.8, 4) is 0 Å². The molecular weight excluding hydrogens is 270 g/mol. The van der Waals surface area contributed by atoms with Gasteiger partial charge in [-0.25, -0.2) is 0 Å². The number of thioether (sulfide) groups is 1. The molecule has 0 aromatic heterocycles. The van der Waals surface area contributed by atoms with E-state index in [1.54, 1.807) is 39.0 Å². The maximum atomic E-state index is 14.2. The zero-order valence-corrected chi connectivity index (χ0v) is 12.2. The second-order valence-electron chi connectivity index (χ2n) is 5.51. The van der Waals surface area contributed by atoms with Crippen LogP contribution in [-0.4, -0.2) is 20.9 Å². The molecule has 1 rings (SSSR count). The van der Waals surface area contributed by atoms with Crippen LogP contribution < -0.4 is 0 Å². The molecule has 1 unspecified atom stereocenters. The Morgan fingerprint density at radius 1 is 1.11 bits per heavy atom. The minimum atomic E-state index is -3.85. The van der Waals surface area contributed by atoms with Gasteiger partial charge in [0.15, 0.2) is 5.60 Å². The second-order valence-corrected chi connectivity index (χ2v) is 7.31. The standard InChI is InChI=1S/C14H18F2O2S/c1-12(2,3)19-11(17)14(15,16)13(4,18)10-8-6-5-7-9-10/h5-9,18H,1-4H3. The van der Waals surface area contributed by atoms with Crippen LogP contribution in [-0.2, 0) is 10.4 Å². The summed E-state index contributed by atoms with van der Waals surface area (Å²) in [5.74, 6) is -3.85. The van der Waals surface area contributed by atoms with Gasteiger partial charge in [0.2, 0.25) is 0 Å². The number of halogens is 2. The number of benzene rings is 1. The zero-order valence-electron chi connectivity index (χ0n) is 11.4. The fourth-order valence-corrected chi connectivity index (χ4v) is 2.37. The van der Waals surface area contributed by atoms with Crippen molar-refractivity contribution in [1.82, 2.24) is 0 Å². The molecule has 1 aromatic rings. The molecule has 0 aliphatic carbocycles. The number of carbonyl (C=O) groups excluding carboxylic acids is 1. The van der Waals surface area contributed by atoms with E-state index in [1.165, 1.54) is 12.1 Å². The minimum Gasteiger partial charge on any atom is -0.379 e. The van der Waals surface area contributed by atoms with Crippen molar-refractivity contribution < 1.29 is 18.7 Å². The van der Waals surface area contributed by atoms with E-state index in [0.29, 0.717) is 11.8 Å². The van der Waals surface area contributed by atoms with Gasteiger partial charge in [0.05, 0.1) is 0 Å². The van der Waals surface area contributed by atoms with Crippen LogP contribution in [0.3, 0.4) is 0 Å². The van der Waals surface area contributed by atoms with Crippen LogP contribution in [0.4, 0.5) is 8.78 Å². The summed E-state index contributed by atoms with van der Waals surface area (Å²) in [5.41, 5.74) is -2.51. The molecule has 19 heavy (non-hydrogen) atoms. The molecule has 0 fully saturated rings. The summed E-state index contributed by atoms with van der Waals surface area (Å²) in [5, 5.41) is 8.77. The molecule has 2 nitrogen and oxygen atoms in total. The Morgan fingerprint density at radius 2 is 1.58 bits per heavy atom. The Kier molecular flexibility index (Phi) is 4.42. The Balaban J connectivity index is 3.08. The topological polar surface area (TPSA) is 37.3 Å². The molecule has 0 heterocycles. The highest BCUT2D eigenvalue weighted by atomic mass is 32.2. The van der Waals surface area contributed by atoms with E-state index in [-0.39, 0.29) is 5.56 Å². The fraction of sp³-hybridized carbons (Fsp3) is 0.500. The van der Waals surface area contributed by atoms with Crippen molar-refractivity contribution in [2.24, 2.45) is 0 Å². The first kappa shape index (κ1) is 16.1. The van der Waals surface area contributed by atoms with Gasteiger partial charge in [-0.15, -0.1) is 0 Å². The molecule has 1 atom stereocenters. The van der Waals surface area contributed by atoms with E-state index in [9.17, 15) is 18.7 Å². The number of hydrogen-bond donors (Lipinski definition) is 1. The van der Waals surface area contributed by atoms with Crippen LogP contribution in [0.15, 0.2) is 30.3 Å². The average molecular weight is 288 g/mol. The highest BCUT2D eigenvalue weighted by Gasteiger charge is 2.56. The summed E-state index contributed by atoms with van der Waals surface area (Å²) < 4.78 is 27.7. The molecule has 0 amide bonds. The Bertz CT molecular complexity index is 450. The third kappa shape index (κ3) is 3.54. The summed E-state index contributed by atoms with van der Waals surface area (Å²) in [6.07, 6.45) is 0. The van der Waals surface area contributed by atoms with Gasteiger partial charge in [-0.1, -0.05) is 62.9 Å². The van der Waals surface area contributed by atoms with Crippen molar-refractivity contribution in [2.75, 3.05) is 0 Å². The lowest BCUT2D eigenvalue weighted by atomic mass is 9.90. The maximum Gasteiger partial charge on any atom is 0.346 e. The molecule has 0 bridgehead atoms. The van der Waals surface area contributed by atoms with Gasteiger partial charge >= 0.3 is 5.92 Å². The molecule has 0 spiro atoms. The number of alkyl halides is 2. The second kappa shape index (κ2) is 5.21. The van der Waals surface area contributed by atoms with Crippen LogP contribution in [0.25, 0.3) is 0 Å². The van der Waals surface area contributed by atoms with Gasteiger partial charge in [-0.3, -0.25) is 4.79 Å². The summed E-state index contributed by atoms with van der Waals surface area (Å²) in [6.45, 7) is 5.97. The number of aliphatic hydroxyl groups is 1. The van der Waals surface area contributed by atoms with Crippen molar-refractivity contribution in [1.29, 1.82) is 0 Å². The number of carbonyl (C=O) groups is 1. The molecule has 106 valence electrons. The largest absolute Gasteiger partial charge is 0.379 e. The predicted octanol–water partition coefficient (Wildman–Crippen LogP) is 3.59. The van der Waals surface area contributed by atoms with Gasteiger partial charge in [0, 0.05) is 4.75 Å². The summed E-state index contributed by atoms with van der Waals surface area (Å²) in [4.78, 5) is 11.8. The van der Waals surface area contributed by atoms with Gasteiger partial charge in [0.1, 0.15) is 0 Å². The zero-order chi connectivity index (χ0) is 14.9. The lowest BCUT2D eigenvalue weighted by molar-refractivity contribution is -0.180.